The maximum atomic E-state index is 0. The van der Waals surface area contributed by atoms with Crippen LogP contribution in [0.1, 0.15) is 5.71 Å². The first-order valence-electron chi connectivity index (χ1n) is 0. The topological polar surface area (TPSA) is 0 Å². The monoisotopic (exact) mass is 457 g/mol. The van der Waals surface area contributed by atoms with Crippen molar-refractivity contribution in [3.05, 3.63) is 0 Å². The average molecular weight is 457 g/mol. The molecule has 0 N–H and O–H groups in total. The van der Waals surface area contributed by atoms with Gasteiger partial charge in [-0.3, -0.25) is 0 Å². The zero-order valence-electron chi connectivity index (χ0n) is 7.21. The molecule has 0 aliphatic rings. The predicted molar refractivity (Wildman–Crippen MR) is 44.4 cm³/mol. The fraction of sp³-hybridized carbons (Fsp3) is 0. The predicted octanol–water partition coefficient (Wildman–Crippen LogP) is -3.60. The van der Waals surface area contributed by atoms with Gasteiger partial charge in [0.1, 0.15) is 0 Å². The Morgan fingerprint density at radius 3 is 1.14 bits per heavy atom. The number of hydrogen-bond acceptors (Lipinski definition) is 0. The molecular formula is H12AlCaInMgMnSnZn. The minimum absolute atomic E-state index is 0. The van der Waals surface area contributed by atoms with E-state index in [1.165, 1.54) is 0 Å². The van der Waals surface area contributed by atoms with E-state index >= 15 is 0 Å². The van der Waals surface area contributed by atoms with Crippen LogP contribution in [0.3, 0.4) is 0 Å². The third kappa shape index (κ3) is 34.6. The molecule has 0 unspecified atom stereocenters. The molecule has 0 atom stereocenters. The summed E-state index contributed by atoms with van der Waals surface area (Å²) in [7, 11) is 0. The van der Waals surface area contributed by atoms with Crippen molar-refractivity contribution in [2.75, 3.05) is 0 Å². The molecule has 7 heteroatoms. The SMILES string of the molecule is [AlH3].[Ca+2].[H-].[H-].[H-].[H-].[InH3].[Mg+2].[Mn].[SnH2].[Zn]. The summed E-state index contributed by atoms with van der Waals surface area (Å²) >= 11 is 0. The van der Waals surface area contributed by atoms with Crippen LogP contribution in [-0.2, 0) is 36.5 Å². The fourth-order valence-electron chi connectivity index (χ4n) is 0. The van der Waals surface area contributed by atoms with Crippen LogP contribution < -0.4 is 0 Å². The van der Waals surface area contributed by atoms with Crippen LogP contribution >= 0.6 is 0 Å². The van der Waals surface area contributed by atoms with Crippen molar-refractivity contribution in [2.45, 2.75) is 0 Å². The molecule has 0 saturated heterocycles. The first-order valence-corrected chi connectivity index (χ1v) is 0. The molecule has 35 valence electrons. The second kappa shape index (κ2) is 42.4. The molecule has 0 aromatic rings. The molecule has 0 amide bonds. The summed E-state index contributed by atoms with van der Waals surface area (Å²) < 4.78 is 0. The second-order valence-corrected chi connectivity index (χ2v) is 0. The van der Waals surface area contributed by atoms with E-state index in [0.717, 1.165) is 0 Å². The zero-order valence-corrected chi connectivity index (χ0v) is 15.0. The molecule has 3 radical (unpaired) electrons. The third-order valence-electron chi connectivity index (χ3n) is 0. The van der Waals surface area contributed by atoms with Crippen LogP contribution in [0.4, 0.5) is 0 Å². The van der Waals surface area contributed by atoms with Gasteiger partial charge in [-0.2, -0.15) is 0 Å². The minimum atomic E-state index is 0. The van der Waals surface area contributed by atoms with E-state index in [2.05, 4.69) is 0 Å². The Bertz CT molecular complexity index is 30.1. The van der Waals surface area contributed by atoms with E-state index in [1.54, 1.807) is 0 Å². The fourth-order valence-corrected chi connectivity index (χ4v) is 0. The van der Waals surface area contributed by atoms with E-state index < -0.39 is 0 Å². The van der Waals surface area contributed by atoms with Gasteiger partial charge in [-0.1, -0.05) is 0 Å². The van der Waals surface area contributed by atoms with Crippen LogP contribution in [0.2, 0.25) is 0 Å². The molecule has 0 aromatic carbocycles. The zero-order chi connectivity index (χ0) is 0. The molecule has 0 nitrogen and oxygen atoms in total. The number of rotatable bonds is 0. The van der Waals surface area contributed by atoms with Gasteiger partial charge in [0.15, 0.2) is 17.4 Å². The molecule has 0 aliphatic heterocycles. The Morgan fingerprint density at radius 1 is 1.14 bits per heavy atom. The number of hydrogen-bond donors (Lipinski definition) is 0. The summed E-state index contributed by atoms with van der Waals surface area (Å²) in [6, 6.07) is 0. The van der Waals surface area contributed by atoms with E-state index in [0.29, 0.717) is 0 Å². The maximum Gasteiger partial charge on any atom is 0 e. The van der Waals surface area contributed by atoms with Gasteiger partial charge >= 0.3 is 111 Å². The molecule has 0 aromatic heterocycles. The first kappa shape index (κ1) is 55.5. The summed E-state index contributed by atoms with van der Waals surface area (Å²) in [6.07, 6.45) is 0. The molecule has 7 heavy (non-hydrogen) atoms. The molecule has 0 heterocycles. The van der Waals surface area contributed by atoms with Crippen LogP contribution in [0.15, 0.2) is 0 Å². The van der Waals surface area contributed by atoms with Gasteiger partial charge in [0.05, 0.1) is 0 Å². The molecule has 0 saturated carbocycles. The van der Waals surface area contributed by atoms with Crippen molar-refractivity contribution in [2.24, 2.45) is 0 Å². The van der Waals surface area contributed by atoms with E-state index in [9.17, 15) is 0 Å². The van der Waals surface area contributed by atoms with Crippen molar-refractivity contribution in [1.29, 1.82) is 0 Å². The standard InChI is InChI=1S/Al.Ca.In.Mg.Mn.Sn.Zn.12H/q;+2;;+2;;;;;;;;;;;;4*-1. The molecule has 0 bridgehead atoms. The Balaban J connectivity index is 0. The van der Waals surface area contributed by atoms with Crippen LogP contribution in [0.5, 0.6) is 0 Å². The van der Waals surface area contributed by atoms with Crippen molar-refractivity contribution in [3.8, 4) is 0 Å². The van der Waals surface area contributed by atoms with Crippen LogP contribution in [0, 0.1) is 0 Å². The molecular weight excluding hydrogens is 445 g/mol. The second-order valence-electron chi connectivity index (χ2n) is 0. The molecule has 0 fully saturated rings. The van der Waals surface area contributed by atoms with E-state index in [1.807, 2.05) is 0 Å². The normalized spacial score (nSPS) is 0. The van der Waals surface area contributed by atoms with Gasteiger partial charge in [-0.25, -0.2) is 0 Å². The van der Waals surface area contributed by atoms with Gasteiger partial charge in [0, 0.05) is 36.5 Å². The van der Waals surface area contributed by atoms with Crippen LogP contribution in [0.25, 0.3) is 0 Å². The van der Waals surface area contributed by atoms with Crippen molar-refractivity contribution >= 4 is 128 Å². The third-order valence-corrected chi connectivity index (χ3v) is 0. The van der Waals surface area contributed by atoms with Crippen molar-refractivity contribution < 1.29 is 42.3 Å². The Morgan fingerprint density at radius 2 is 1.14 bits per heavy atom. The first-order chi connectivity index (χ1) is 0. The van der Waals surface area contributed by atoms with Gasteiger partial charge in [0.25, 0.3) is 0 Å². The van der Waals surface area contributed by atoms with E-state index in [-0.39, 0.29) is 170 Å². The Kier molecular flexibility index (Phi) is 336. The van der Waals surface area contributed by atoms with Crippen molar-refractivity contribution in [1.82, 2.24) is 0 Å². The molecule has 0 rings (SSSR count). The van der Waals surface area contributed by atoms with Crippen LogP contribution in [-0.4, -0.2) is 128 Å². The van der Waals surface area contributed by atoms with E-state index in [4.69, 9.17) is 0 Å². The Hall–Kier alpha value is 5.37. The molecule has 0 spiro atoms. The van der Waals surface area contributed by atoms with Gasteiger partial charge in [0.2, 0.25) is 0 Å². The minimum Gasteiger partial charge on any atom is 0 e. The summed E-state index contributed by atoms with van der Waals surface area (Å²) in [5.74, 6) is 0. The van der Waals surface area contributed by atoms with Gasteiger partial charge < -0.3 is 5.71 Å². The van der Waals surface area contributed by atoms with Gasteiger partial charge in [-0.05, 0) is 0 Å². The Labute approximate surface area is 166 Å². The quantitative estimate of drug-likeness (QED) is 0.330. The summed E-state index contributed by atoms with van der Waals surface area (Å²) in [6.45, 7) is 0. The largest absolute Gasteiger partial charge is 0 e. The maximum absolute atomic E-state index is 0. The van der Waals surface area contributed by atoms with Gasteiger partial charge in [-0.15, -0.1) is 0 Å². The smallest absolute Gasteiger partial charge is 0 e. The summed E-state index contributed by atoms with van der Waals surface area (Å²) in [4.78, 5) is 0. The summed E-state index contributed by atoms with van der Waals surface area (Å²) in [5, 5.41) is 0. The summed E-state index contributed by atoms with van der Waals surface area (Å²) in [5.41, 5.74) is 0. The van der Waals surface area contributed by atoms with Crippen molar-refractivity contribution in [3.63, 3.8) is 0 Å². The average Bonchev–Trinajstić information content (AvgIpc) is 0. The molecule has 0 aliphatic carbocycles.